The van der Waals surface area contributed by atoms with Crippen LogP contribution in [0.25, 0.3) is 0 Å². The molecule has 0 saturated carbocycles. The number of hydrogen-bond acceptors (Lipinski definition) is 6. The van der Waals surface area contributed by atoms with Gasteiger partial charge in [-0.3, -0.25) is 25.3 Å². The first-order valence-corrected chi connectivity index (χ1v) is 6.66. The molecule has 0 aliphatic carbocycles. The fourth-order valence-electron chi connectivity index (χ4n) is 1.98. The maximum absolute atomic E-state index is 13.6. The lowest BCUT2D eigenvalue weighted by Gasteiger charge is -2.02. The van der Waals surface area contributed by atoms with E-state index in [9.17, 15) is 19.3 Å². The highest BCUT2D eigenvalue weighted by molar-refractivity contribution is 6.04. The molecule has 11 heteroatoms. The molecule has 0 saturated heterocycles. The van der Waals surface area contributed by atoms with Crippen LogP contribution in [0.2, 0.25) is 0 Å². The number of benzene rings is 1. The summed E-state index contributed by atoms with van der Waals surface area (Å²) in [7, 11) is 0. The second kappa shape index (κ2) is 6.24. The van der Waals surface area contributed by atoms with Crippen LogP contribution in [0.15, 0.2) is 36.8 Å². The number of nitrogens with zero attached hydrogens (tertiary/aromatic N) is 5. The molecule has 0 bridgehead atoms. The topological polar surface area (TPSA) is 132 Å². The molecular formula is C13H10FN7O3. The van der Waals surface area contributed by atoms with Crippen LogP contribution in [0.4, 0.5) is 16.0 Å². The lowest BCUT2D eigenvalue weighted by atomic mass is 10.2. The number of nitrogens with one attached hydrogen (secondary N) is 2. The Morgan fingerprint density at radius 3 is 2.96 bits per heavy atom. The first-order valence-electron chi connectivity index (χ1n) is 6.66. The minimum Gasteiger partial charge on any atom is -0.288 e. The predicted molar refractivity (Wildman–Crippen MR) is 78.7 cm³/mol. The van der Waals surface area contributed by atoms with E-state index in [1.54, 1.807) is 18.2 Å². The largest absolute Gasteiger partial charge is 0.319 e. The van der Waals surface area contributed by atoms with Gasteiger partial charge in [0.05, 0.1) is 11.5 Å². The maximum Gasteiger partial charge on any atom is 0.319 e. The molecule has 0 fully saturated rings. The smallest absolute Gasteiger partial charge is 0.288 e. The highest BCUT2D eigenvalue weighted by Gasteiger charge is 2.23. The van der Waals surface area contributed by atoms with Gasteiger partial charge in [-0.1, -0.05) is 18.2 Å². The minimum absolute atomic E-state index is 0.0692. The zero-order chi connectivity index (χ0) is 17.1. The molecule has 0 aliphatic heterocycles. The van der Waals surface area contributed by atoms with Gasteiger partial charge < -0.3 is 0 Å². The van der Waals surface area contributed by atoms with Crippen LogP contribution >= 0.6 is 0 Å². The Morgan fingerprint density at radius 1 is 1.42 bits per heavy atom. The van der Waals surface area contributed by atoms with Crippen molar-refractivity contribution in [1.29, 1.82) is 0 Å². The standard InChI is InChI=1S/C13H10FN7O3/c14-9-4-2-1-3-8(9)6-20-7-15-13(19-20)17-12(22)11-10(21(23)24)5-16-18-11/h1-5,7H,6H2,(H,16,18)(H,17,19,22). The van der Waals surface area contributed by atoms with E-state index in [1.165, 1.54) is 17.1 Å². The number of nitro groups is 1. The van der Waals surface area contributed by atoms with Crippen molar-refractivity contribution in [3.63, 3.8) is 0 Å². The Labute approximate surface area is 133 Å². The van der Waals surface area contributed by atoms with Gasteiger partial charge in [-0.05, 0) is 6.07 Å². The van der Waals surface area contributed by atoms with Gasteiger partial charge in [-0.2, -0.15) is 5.10 Å². The van der Waals surface area contributed by atoms with Gasteiger partial charge in [0.1, 0.15) is 18.3 Å². The van der Waals surface area contributed by atoms with E-state index in [0.717, 1.165) is 6.20 Å². The molecule has 0 unspecified atom stereocenters. The highest BCUT2D eigenvalue weighted by Crippen LogP contribution is 2.15. The summed E-state index contributed by atoms with van der Waals surface area (Å²) in [5.74, 6) is -1.25. The molecule has 2 heterocycles. The molecule has 10 nitrogen and oxygen atoms in total. The predicted octanol–water partition coefficient (Wildman–Crippen LogP) is 1.35. The van der Waals surface area contributed by atoms with Crippen molar-refractivity contribution in [2.24, 2.45) is 0 Å². The van der Waals surface area contributed by atoms with Crippen molar-refractivity contribution in [3.05, 3.63) is 64.0 Å². The highest BCUT2D eigenvalue weighted by atomic mass is 19.1. The second-order valence-corrected chi connectivity index (χ2v) is 4.70. The number of rotatable bonds is 5. The number of H-pyrrole nitrogens is 1. The van der Waals surface area contributed by atoms with E-state index < -0.39 is 16.5 Å². The SMILES string of the molecule is O=C(Nc1ncn(Cc2ccccc2F)n1)c1[nH]ncc1[N+](=O)[O-]. The van der Waals surface area contributed by atoms with Crippen LogP contribution in [-0.4, -0.2) is 35.8 Å². The summed E-state index contributed by atoms with van der Waals surface area (Å²) < 4.78 is 14.9. The Bertz CT molecular complexity index is 904. The van der Waals surface area contributed by atoms with Gasteiger partial charge in [-0.25, -0.2) is 14.1 Å². The van der Waals surface area contributed by atoms with Crippen molar-refractivity contribution >= 4 is 17.5 Å². The lowest BCUT2D eigenvalue weighted by molar-refractivity contribution is -0.385. The fraction of sp³-hybridized carbons (Fsp3) is 0.0769. The molecule has 3 aromatic rings. The summed E-state index contributed by atoms with van der Waals surface area (Å²) in [5, 5.41) is 22.8. The number of aromatic nitrogens is 5. The summed E-state index contributed by atoms with van der Waals surface area (Å²) in [6, 6.07) is 6.19. The van der Waals surface area contributed by atoms with Crippen molar-refractivity contribution < 1.29 is 14.1 Å². The summed E-state index contributed by atoms with van der Waals surface area (Å²) in [5.41, 5.74) is -0.367. The zero-order valence-electron chi connectivity index (χ0n) is 12.0. The normalized spacial score (nSPS) is 10.5. The molecule has 1 aromatic carbocycles. The van der Waals surface area contributed by atoms with Crippen LogP contribution in [0.3, 0.4) is 0 Å². The average Bonchev–Trinajstić information content (AvgIpc) is 3.19. The molecule has 0 radical (unpaired) electrons. The Hall–Kier alpha value is -3.63. The van der Waals surface area contributed by atoms with Gasteiger partial charge in [0.15, 0.2) is 0 Å². The van der Waals surface area contributed by atoms with Gasteiger partial charge in [0, 0.05) is 5.56 Å². The van der Waals surface area contributed by atoms with Crippen LogP contribution < -0.4 is 5.32 Å². The molecule has 1 amide bonds. The number of carbonyl (C=O) groups is 1. The number of hydrogen-bond donors (Lipinski definition) is 2. The molecular weight excluding hydrogens is 321 g/mol. The average molecular weight is 331 g/mol. The molecule has 2 aromatic heterocycles. The number of halogens is 1. The number of aromatic amines is 1. The number of carbonyl (C=O) groups excluding carboxylic acids is 1. The summed E-state index contributed by atoms with van der Waals surface area (Å²) in [6.07, 6.45) is 2.24. The Kier molecular flexibility index (Phi) is 3.97. The van der Waals surface area contributed by atoms with E-state index in [0.29, 0.717) is 5.56 Å². The number of anilines is 1. The van der Waals surface area contributed by atoms with E-state index in [2.05, 4.69) is 25.6 Å². The zero-order valence-corrected chi connectivity index (χ0v) is 12.0. The second-order valence-electron chi connectivity index (χ2n) is 4.70. The molecule has 0 spiro atoms. The molecule has 122 valence electrons. The van der Waals surface area contributed by atoms with Gasteiger partial charge in [-0.15, -0.1) is 5.10 Å². The molecule has 2 N–H and O–H groups in total. The Morgan fingerprint density at radius 2 is 2.21 bits per heavy atom. The van der Waals surface area contributed by atoms with Crippen LogP contribution in [0.1, 0.15) is 16.1 Å². The van der Waals surface area contributed by atoms with E-state index in [-0.39, 0.29) is 24.0 Å². The van der Waals surface area contributed by atoms with Gasteiger partial charge in [0.25, 0.3) is 5.91 Å². The Balaban J connectivity index is 1.72. The first kappa shape index (κ1) is 15.3. The third-order valence-electron chi connectivity index (χ3n) is 3.10. The van der Waals surface area contributed by atoms with E-state index >= 15 is 0 Å². The van der Waals surface area contributed by atoms with Crippen LogP contribution in [0.5, 0.6) is 0 Å². The quantitative estimate of drug-likeness (QED) is 0.536. The lowest BCUT2D eigenvalue weighted by Crippen LogP contribution is -2.15. The molecule has 24 heavy (non-hydrogen) atoms. The molecule has 3 rings (SSSR count). The van der Waals surface area contributed by atoms with Crippen molar-refractivity contribution in [1.82, 2.24) is 25.0 Å². The van der Waals surface area contributed by atoms with Crippen molar-refractivity contribution in [2.75, 3.05) is 5.32 Å². The van der Waals surface area contributed by atoms with E-state index in [1.807, 2.05) is 0 Å². The van der Waals surface area contributed by atoms with Crippen molar-refractivity contribution in [3.8, 4) is 0 Å². The summed E-state index contributed by atoms with van der Waals surface area (Å²) in [6.45, 7) is 0.125. The molecule has 0 atom stereocenters. The van der Waals surface area contributed by atoms with Crippen LogP contribution in [-0.2, 0) is 6.54 Å². The summed E-state index contributed by atoms with van der Waals surface area (Å²) >= 11 is 0. The molecule has 0 aliphatic rings. The third-order valence-corrected chi connectivity index (χ3v) is 3.10. The maximum atomic E-state index is 13.6. The van der Waals surface area contributed by atoms with Crippen LogP contribution in [0, 0.1) is 15.9 Å². The van der Waals surface area contributed by atoms with Crippen molar-refractivity contribution in [2.45, 2.75) is 6.54 Å². The van der Waals surface area contributed by atoms with Gasteiger partial charge in [0.2, 0.25) is 11.6 Å². The van der Waals surface area contributed by atoms with E-state index in [4.69, 9.17) is 0 Å². The minimum atomic E-state index is -0.803. The third kappa shape index (κ3) is 3.09. The fourth-order valence-corrected chi connectivity index (χ4v) is 1.98. The summed E-state index contributed by atoms with van der Waals surface area (Å²) in [4.78, 5) is 25.9. The monoisotopic (exact) mass is 331 g/mol. The number of amides is 1. The van der Waals surface area contributed by atoms with Gasteiger partial charge >= 0.3 is 5.69 Å². The first-order chi connectivity index (χ1) is 11.5.